The van der Waals surface area contributed by atoms with E-state index in [1.807, 2.05) is 0 Å². The number of rotatable bonds is 2. The molecule has 0 bridgehead atoms. The monoisotopic (exact) mass is 240 g/mol. The van der Waals surface area contributed by atoms with Crippen LogP contribution < -0.4 is 0 Å². The van der Waals surface area contributed by atoms with Crippen LogP contribution in [0.15, 0.2) is 10.9 Å². The zero-order valence-corrected chi connectivity index (χ0v) is 9.44. The van der Waals surface area contributed by atoms with Gasteiger partial charge in [-0.1, -0.05) is 0 Å². The number of hydrogen-bond donors (Lipinski definition) is 1. The first-order valence-electron chi connectivity index (χ1n) is 5.08. The van der Waals surface area contributed by atoms with E-state index in [1.165, 1.54) is 11.3 Å². The van der Waals surface area contributed by atoms with Gasteiger partial charge >= 0.3 is 5.97 Å². The number of hydrogen-bond acceptors (Lipinski definition) is 4. The number of carboxylic acid groups (broad SMARTS) is 1. The smallest absolute Gasteiger partial charge is 0.308 e. The van der Waals surface area contributed by atoms with E-state index < -0.39 is 11.9 Å². The van der Waals surface area contributed by atoms with Crippen molar-refractivity contribution in [2.24, 2.45) is 5.92 Å². The molecule has 86 valence electrons. The molecule has 1 atom stereocenters. The van der Waals surface area contributed by atoms with Crippen LogP contribution in [-0.4, -0.2) is 40.0 Å². The van der Waals surface area contributed by atoms with Gasteiger partial charge in [0.2, 0.25) is 0 Å². The molecule has 1 aliphatic heterocycles. The van der Waals surface area contributed by atoms with Crippen LogP contribution in [0.3, 0.4) is 0 Å². The van der Waals surface area contributed by atoms with Gasteiger partial charge in [-0.05, 0) is 12.8 Å². The van der Waals surface area contributed by atoms with Crippen LogP contribution in [0.4, 0.5) is 0 Å². The first kappa shape index (κ1) is 11.1. The minimum Gasteiger partial charge on any atom is -0.481 e. The molecule has 0 radical (unpaired) electrons. The molecule has 1 aliphatic rings. The standard InChI is InChI=1S/C10H12N2O3S/c13-9(8-5-16-6-11-8)12-3-1-2-7(4-12)10(14)15/h5-7H,1-4H2,(H,14,15)/t7-/m0/s1. The molecule has 5 nitrogen and oxygen atoms in total. The molecule has 0 saturated carbocycles. The second-order valence-electron chi connectivity index (χ2n) is 3.80. The maximum Gasteiger partial charge on any atom is 0.308 e. The molecular formula is C10H12N2O3S. The third-order valence-corrected chi connectivity index (χ3v) is 3.30. The summed E-state index contributed by atoms with van der Waals surface area (Å²) in [5.41, 5.74) is 2.02. The summed E-state index contributed by atoms with van der Waals surface area (Å²) in [7, 11) is 0. The van der Waals surface area contributed by atoms with Crippen molar-refractivity contribution in [3.8, 4) is 0 Å². The normalized spacial score (nSPS) is 20.8. The van der Waals surface area contributed by atoms with E-state index in [0.29, 0.717) is 25.2 Å². The molecule has 16 heavy (non-hydrogen) atoms. The van der Waals surface area contributed by atoms with Crippen molar-refractivity contribution in [1.29, 1.82) is 0 Å². The van der Waals surface area contributed by atoms with Crippen molar-refractivity contribution in [2.45, 2.75) is 12.8 Å². The minimum absolute atomic E-state index is 0.160. The number of carboxylic acids is 1. The summed E-state index contributed by atoms with van der Waals surface area (Å²) in [5.74, 6) is -1.42. The van der Waals surface area contributed by atoms with Gasteiger partial charge in [-0.3, -0.25) is 9.59 Å². The number of likely N-dealkylation sites (tertiary alicyclic amines) is 1. The van der Waals surface area contributed by atoms with Crippen molar-refractivity contribution >= 4 is 23.2 Å². The molecule has 0 unspecified atom stereocenters. The molecule has 1 amide bonds. The van der Waals surface area contributed by atoms with E-state index in [9.17, 15) is 9.59 Å². The van der Waals surface area contributed by atoms with E-state index in [0.717, 1.165) is 6.42 Å². The third kappa shape index (κ3) is 2.21. The van der Waals surface area contributed by atoms with Gasteiger partial charge in [0.25, 0.3) is 5.91 Å². The van der Waals surface area contributed by atoms with Crippen LogP contribution >= 0.6 is 11.3 Å². The van der Waals surface area contributed by atoms with E-state index in [4.69, 9.17) is 5.11 Å². The van der Waals surface area contributed by atoms with Gasteiger partial charge in [0, 0.05) is 18.5 Å². The van der Waals surface area contributed by atoms with Gasteiger partial charge in [-0.15, -0.1) is 11.3 Å². The molecule has 0 aliphatic carbocycles. The lowest BCUT2D eigenvalue weighted by Gasteiger charge is -2.30. The summed E-state index contributed by atoms with van der Waals surface area (Å²) in [4.78, 5) is 28.3. The number of aliphatic carboxylic acids is 1. The number of aromatic nitrogens is 1. The lowest BCUT2D eigenvalue weighted by molar-refractivity contribution is -0.143. The highest BCUT2D eigenvalue weighted by Gasteiger charge is 2.29. The largest absolute Gasteiger partial charge is 0.481 e. The Morgan fingerprint density at radius 3 is 3.00 bits per heavy atom. The maximum absolute atomic E-state index is 11.9. The Hall–Kier alpha value is -1.43. The maximum atomic E-state index is 11.9. The summed E-state index contributed by atoms with van der Waals surface area (Å²) in [6, 6.07) is 0. The number of amides is 1. The van der Waals surface area contributed by atoms with Crippen LogP contribution in [0, 0.1) is 5.92 Å². The minimum atomic E-state index is -0.823. The predicted molar refractivity (Wildman–Crippen MR) is 58.4 cm³/mol. The summed E-state index contributed by atoms with van der Waals surface area (Å²) >= 11 is 1.36. The second kappa shape index (κ2) is 4.61. The van der Waals surface area contributed by atoms with E-state index in [1.54, 1.807) is 15.8 Å². The number of nitrogens with zero attached hydrogens (tertiary/aromatic N) is 2. The topological polar surface area (TPSA) is 70.5 Å². The summed E-state index contributed by atoms with van der Waals surface area (Å²) in [6.45, 7) is 0.922. The second-order valence-corrected chi connectivity index (χ2v) is 4.52. The lowest BCUT2D eigenvalue weighted by atomic mass is 9.98. The Balaban J connectivity index is 2.05. The Kier molecular flexibility index (Phi) is 3.19. The third-order valence-electron chi connectivity index (χ3n) is 2.71. The van der Waals surface area contributed by atoms with Gasteiger partial charge in [-0.2, -0.15) is 0 Å². The zero-order chi connectivity index (χ0) is 11.5. The highest BCUT2D eigenvalue weighted by Crippen LogP contribution is 2.18. The van der Waals surface area contributed by atoms with E-state index >= 15 is 0 Å². The van der Waals surface area contributed by atoms with Crippen molar-refractivity contribution in [3.05, 3.63) is 16.6 Å². The zero-order valence-electron chi connectivity index (χ0n) is 8.63. The van der Waals surface area contributed by atoms with Gasteiger partial charge in [-0.25, -0.2) is 4.98 Å². The Bertz CT molecular complexity index is 391. The van der Waals surface area contributed by atoms with Gasteiger partial charge in [0.1, 0.15) is 5.69 Å². The molecule has 2 rings (SSSR count). The molecule has 1 N–H and O–H groups in total. The fraction of sp³-hybridized carbons (Fsp3) is 0.500. The highest BCUT2D eigenvalue weighted by molar-refractivity contribution is 7.07. The fourth-order valence-corrected chi connectivity index (χ4v) is 2.37. The molecule has 2 heterocycles. The fourth-order valence-electron chi connectivity index (χ4n) is 1.84. The predicted octanol–water partition coefficient (Wildman–Crippen LogP) is 1.08. The van der Waals surface area contributed by atoms with Crippen molar-refractivity contribution in [3.63, 3.8) is 0 Å². The Morgan fingerprint density at radius 2 is 2.38 bits per heavy atom. The SMILES string of the molecule is O=C(O)[C@H]1CCCN(C(=O)c2cscn2)C1. The molecule has 0 aromatic carbocycles. The quantitative estimate of drug-likeness (QED) is 0.839. The van der Waals surface area contributed by atoms with Crippen molar-refractivity contribution in [2.75, 3.05) is 13.1 Å². The van der Waals surface area contributed by atoms with E-state index in [-0.39, 0.29) is 5.91 Å². The molecule has 6 heteroatoms. The summed E-state index contributed by atoms with van der Waals surface area (Å²) in [6.07, 6.45) is 1.39. The number of piperidine rings is 1. The van der Waals surface area contributed by atoms with Gasteiger partial charge < -0.3 is 10.0 Å². The van der Waals surface area contributed by atoms with Crippen LogP contribution in [-0.2, 0) is 4.79 Å². The van der Waals surface area contributed by atoms with Crippen molar-refractivity contribution in [1.82, 2.24) is 9.88 Å². The lowest BCUT2D eigenvalue weighted by Crippen LogP contribution is -2.42. The van der Waals surface area contributed by atoms with Crippen LogP contribution in [0.5, 0.6) is 0 Å². The Labute approximate surface area is 96.7 Å². The number of carbonyl (C=O) groups excluding carboxylic acids is 1. The van der Waals surface area contributed by atoms with Crippen molar-refractivity contribution < 1.29 is 14.7 Å². The molecule has 1 aromatic rings. The van der Waals surface area contributed by atoms with Gasteiger partial charge in [0.15, 0.2) is 0 Å². The molecule has 1 saturated heterocycles. The summed E-state index contributed by atoms with van der Waals surface area (Å²) in [5, 5.41) is 10.6. The molecule has 0 spiro atoms. The van der Waals surface area contributed by atoms with E-state index in [2.05, 4.69) is 4.98 Å². The summed E-state index contributed by atoms with van der Waals surface area (Å²) < 4.78 is 0. The van der Waals surface area contributed by atoms with Gasteiger partial charge in [0.05, 0.1) is 11.4 Å². The molecular weight excluding hydrogens is 228 g/mol. The van der Waals surface area contributed by atoms with Crippen LogP contribution in [0.25, 0.3) is 0 Å². The average molecular weight is 240 g/mol. The molecule has 1 aromatic heterocycles. The van der Waals surface area contributed by atoms with Crippen LogP contribution in [0.2, 0.25) is 0 Å². The van der Waals surface area contributed by atoms with Crippen LogP contribution in [0.1, 0.15) is 23.3 Å². The average Bonchev–Trinajstić information content (AvgIpc) is 2.81. The Morgan fingerprint density at radius 1 is 1.56 bits per heavy atom. The number of thiazole rings is 1. The highest BCUT2D eigenvalue weighted by atomic mass is 32.1. The number of carbonyl (C=O) groups is 2. The first-order chi connectivity index (χ1) is 7.68. The molecule has 1 fully saturated rings. The first-order valence-corrected chi connectivity index (χ1v) is 6.03.